The van der Waals surface area contributed by atoms with Gasteiger partial charge in [0.05, 0.1) is 0 Å². The summed E-state index contributed by atoms with van der Waals surface area (Å²) < 4.78 is 0. The fraction of sp³-hybridized carbons (Fsp3) is 0.462. The van der Waals surface area contributed by atoms with E-state index in [1.807, 2.05) is 13.0 Å². The number of carbonyl (C=O) groups is 1. The van der Waals surface area contributed by atoms with Crippen molar-refractivity contribution in [1.82, 2.24) is 5.32 Å². The van der Waals surface area contributed by atoms with Crippen LogP contribution >= 0.6 is 23.2 Å². The standard InChI is InChI=1S/C13H18Cl2N2O/c1-9(13(18)17-6-2-5-16)7-10-3-4-11(14)8-12(10)15/h3-4,8-9H,2,5-7,16H2,1H3,(H,17,18). The molecule has 0 radical (unpaired) electrons. The summed E-state index contributed by atoms with van der Waals surface area (Å²) in [6, 6.07) is 5.33. The molecule has 0 heterocycles. The second-order valence-corrected chi connectivity index (χ2v) is 5.12. The summed E-state index contributed by atoms with van der Waals surface area (Å²) >= 11 is 11.9. The number of nitrogens with one attached hydrogen (secondary N) is 1. The molecule has 0 aliphatic heterocycles. The van der Waals surface area contributed by atoms with Crippen LogP contribution in [-0.2, 0) is 11.2 Å². The molecule has 0 fully saturated rings. The zero-order valence-electron chi connectivity index (χ0n) is 10.4. The Balaban J connectivity index is 2.53. The van der Waals surface area contributed by atoms with Gasteiger partial charge in [0.15, 0.2) is 0 Å². The maximum Gasteiger partial charge on any atom is 0.223 e. The van der Waals surface area contributed by atoms with Gasteiger partial charge in [-0.25, -0.2) is 0 Å². The van der Waals surface area contributed by atoms with Crippen molar-refractivity contribution in [3.8, 4) is 0 Å². The number of nitrogens with two attached hydrogens (primary N) is 1. The van der Waals surface area contributed by atoms with E-state index in [-0.39, 0.29) is 11.8 Å². The lowest BCUT2D eigenvalue weighted by Crippen LogP contribution is -2.31. The smallest absolute Gasteiger partial charge is 0.223 e. The molecule has 1 unspecified atom stereocenters. The van der Waals surface area contributed by atoms with Crippen molar-refractivity contribution >= 4 is 29.1 Å². The average Bonchev–Trinajstić information content (AvgIpc) is 2.32. The van der Waals surface area contributed by atoms with E-state index in [2.05, 4.69) is 5.32 Å². The molecule has 1 rings (SSSR count). The number of halogens is 2. The number of benzene rings is 1. The molecule has 3 N–H and O–H groups in total. The fourth-order valence-electron chi connectivity index (χ4n) is 1.60. The molecular weight excluding hydrogens is 271 g/mol. The molecular formula is C13H18Cl2N2O. The van der Waals surface area contributed by atoms with Gasteiger partial charge in [0.2, 0.25) is 5.91 Å². The Morgan fingerprint density at radius 1 is 1.44 bits per heavy atom. The molecule has 1 aromatic rings. The first-order valence-corrected chi connectivity index (χ1v) is 6.72. The summed E-state index contributed by atoms with van der Waals surface area (Å²) in [6.07, 6.45) is 1.39. The minimum absolute atomic E-state index is 0.0227. The number of hydrogen-bond acceptors (Lipinski definition) is 2. The second-order valence-electron chi connectivity index (χ2n) is 4.27. The predicted molar refractivity (Wildman–Crippen MR) is 76.0 cm³/mol. The first kappa shape index (κ1) is 15.3. The molecule has 1 amide bonds. The molecule has 0 saturated carbocycles. The Bertz CT molecular complexity index is 410. The Morgan fingerprint density at radius 3 is 2.78 bits per heavy atom. The third kappa shape index (κ3) is 4.84. The van der Waals surface area contributed by atoms with E-state index in [1.165, 1.54) is 0 Å². The summed E-state index contributed by atoms with van der Waals surface area (Å²) in [7, 11) is 0. The summed E-state index contributed by atoms with van der Waals surface area (Å²) in [5, 5.41) is 4.05. The topological polar surface area (TPSA) is 55.1 Å². The number of hydrogen-bond donors (Lipinski definition) is 2. The van der Waals surface area contributed by atoms with Crippen molar-refractivity contribution in [2.75, 3.05) is 13.1 Å². The van der Waals surface area contributed by atoms with Crippen LogP contribution in [0.5, 0.6) is 0 Å². The Hall–Kier alpha value is -0.770. The molecule has 0 bridgehead atoms. The molecule has 1 atom stereocenters. The van der Waals surface area contributed by atoms with Gasteiger partial charge in [0, 0.05) is 22.5 Å². The van der Waals surface area contributed by atoms with Gasteiger partial charge in [-0.15, -0.1) is 0 Å². The van der Waals surface area contributed by atoms with Crippen LogP contribution in [-0.4, -0.2) is 19.0 Å². The van der Waals surface area contributed by atoms with Crippen LogP contribution in [0.4, 0.5) is 0 Å². The fourth-order valence-corrected chi connectivity index (χ4v) is 2.08. The minimum Gasteiger partial charge on any atom is -0.356 e. The maximum atomic E-state index is 11.8. The van der Waals surface area contributed by atoms with Crippen molar-refractivity contribution in [2.45, 2.75) is 19.8 Å². The lowest BCUT2D eigenvalue weighted by Gasteiger charge is -2.13. The SMILES string of the molecule is CC(Cc1ccc(Cl)cc1Cl)C(=O)NCCCN. The molecule has 0 aliphatic rings. The molecule has 0 aliphatic carbocycles. The highest BCUT2D eigenvalue weighted by Crippen LogP contribution is 2.23. The molecule has 0 saturated heterocycles. The van der Waals surface area contributed by atoms with Crippen LogP contribution < -0.4 is 11.1 Å². The normalized spacial score (nSPS) is 12.2. The van der Waals surface area contributed by atoms with Crippen LogP contribution in [0.2, 0.25) is 10.0 Å². The highest BCUT2D eigenvalue weighted by molar-refractivity contribution is 6.35. The molecule has 5 heteroatoms. The average molecular weight is 289 g/mol. The molecule has 3 nitrogen and oxygen atoms in total. The summed E-state index contributed by atoms with van der Waals surface area (Å²) in [5.41, 5.74) is 6.30. The van der Waals surface area contributed by atoms with Gasteiger partial charge in [0.25, 0.3) is 0 Å². The summed E-state index contributed by atoms with van der Waals surface area (Å²) in [4.78, 5) is 11.8. The van der Waals surface area contributed by atoms with Crippen LogP contribution in [0, 0.1) is 5.92 Å². The van der Waals surface area contributed by atoms with Crippen molar-refractivity contribution in [2.24, 2.45) is 11.7 Å². The van der Waals surface area contributed by atoms with E-state index in [4.69, 9.17) is 28.9 Å². The van der Waals surface area contributed by atoms with Crippen molar-refractivity contribution in [3.63, 3.8) is 0 Å². The van der Waals surface area contributed by atoms with Gasteiger partial charge < -0.3 is 11.1 Å². The van der Waals surface area contributed by atoms with Crippen LogP contribution in [0.25, 0.3) is 0 Å². The number of carbonyl (C=O) groups excluding carboxylic acids is 1. The van der Waals surface area contributed by atoms with Gasteiger partial charge in [-0.05, 0) is 37.1 Å². The van der Waals surface area contributed by atoms with E-state index in [1.54, 1.807) is 12.1 Å². The molecule has 100 valence electrons. The monoisotopic (exact) mass is 288 g/mol. The van der Waals surface area contributed by atoms with E-state index in [9.17, 15) is 4.79 Å². The molecule has 18 heavy (non-hydrogen) atoms. The summed E-state index contributed by atoms with van der Waals surface area (Å²) in [6.45, 7) is 3.08. The van der Waals surface area contributed by atoms with Gasteiger partial charge in [-0.2, -0.15) is 0 Å². The Labute approximate surface area is 118 Å². The van der Waals surface area contributed by atoms with E-state index in [0.29, 0.717) is 29.6 Å². The van der Waals surface area contributed by atoms with Gasteiger partial charge in [-0.3, -0.25) is 4.79 Å². The van der Waals surface area contributed by atoms with Crippen LogP contribution in [0.15, 0.2) is 18.2 Å². The van der Waals surface area contributed by atoms with Crippen LogP contribution in [0.3, 0.4) is 0 Å². The zero-order valence-corrected chi connectivity index (χ0v) is 11.9. The minimum atomic E-state index is -0.124. The molecule has 1 aromatic carbocycles. The van der Waals surface area contributed by atoms with E-state index < -0.39 is 0 Å². The molecule has 0 spiro atoms. The van der Waals surface area contributed by atoms with Gasteiger partial charge in [-0.1, -0.05) is 36.2 Å². The molecule has 0 aromatic heterocycles. The number of amides is 1. The third-order valence-electron chi connectivity index (χ3n) is 2.67. The lowest BCUT2D eigenvalue weighted by molar-refractivity contribution is -0.124. The van der Waals surface area contributed by atoms with Crippen molar-refractivity contribution < 1.29 is 4.79 Å². The van der Waals surface area contributed by atoms with E-state index >= 15 is 0 Å². The predicted octanol–water partition coefficient (Wildman–Crippen LogP) is 2.64. The highest BCUT2D eigenvalue weighted by Gasteiger charge is 2.14. The first-order chi connectivity index (χ1) is 8.54. The van der Waals surface area contributed by atoms with E-state index in [0.717, 1.165) is 12.0 Å². The van der Waals surface area contributed by atoms with Crippen LogP contribution in [0.1, 0.15) is 18.9 Å². The Kier molecular flexibility index (Phi) is 6.47. The maximum absolute atomic E-state index is 11.8. The van der Waals surface area contributed by atoms with Crippen molar-refractivity contribution in [1.29, 1.82) is 0 Å². The largest absolute Gasteiger partial charge is 0.356 e. The highest BCUT2D eigenvalue weighted by atomic mass is 35.5. The van der Waals surface area contributed by atoms with Gasteiger partial charge in [0.1, 0.15) is 0 Å². The Morgan fingerprint density at radius 2 is 2.17 bits per heavy atom. The quantitative estimate of drug-likeness (QED) is 0.791. The van der Waals surface area contributed by atoms with Gasteiger partial charge >= 0.3 is 0 Å². The summed E-state index contributed by atoms with van der Waals surface area (Å²) in [5.74, 6) is -0.101. The second kappa shape index (κ2) is 7.62. The lowest BCUT2D eigenvalue weighted by atomic mass is 10.0. The number of rotatable bonds is 6. The zero-order chi connectivity index (χ0) is 13.5. The third-order valence-corrected chi connectivity index (χ3v) is 3.26. The first-order valence-electron chi connectivity index (χ1n) is 5.96. The van der Waals surface area contributed by atoms with Crippen molar-refractivity contribution in [3.05, 3.63) is 33.8 Å².